The normalized spacial score (nSPS) is 17.1. The second-order valence-corrected chi connectivity index (χ2v) is 4.83. The third-order valence-corrected chi connectivity index (χ3v) is 3.22. The Kier molecular flexibility index (Phi) is 5.97. The molecule has 0 saturated carbocycles. The first-order chi connectivity index (χ1) is 9.75. The molecule has 0 bridgehead atoms. The van der Waals surface area contributed by atoms with Gasteiger partial charge < -0.3 is 20.1 Å². The number of hydrogen-bond acceptors (Lipinski definition) is 5. The monoisotopic (exact) mass is 282 g/mol. The van der Waals surface area contributed by atoms with E-state index in [2.05, 4.69) is 10.4 Å². The van der Waals surface area contributed by atoms with E-state index < -0.39 is 6.10 Å². The number of morpholine rings is 1. The minimum atomic E-state index is -0.506. The zero-order chi connectivity index (χ0) is 14.2. The van der Waals surface area contributed by atoms with E-state index in [0.717, 1.165) is 0 Å². The van der Waals surface area contributed by atoms with E-state index in [1.165, 1.54) is 0 Å². The number of ether oxygens (including phenoxy) is 1. The molecule has 1 aliphatic heterocycles. The maximum Gasteiger partial charge on any atom is 0.224 e. The second kappa shape index (κ2) is 7.98. The lowest BCUT2D eigenvalue weighted by Crippen LogP contribution is -2.42. The standard InChI is InChI=1S/C13H22N4O3/c18-12(11-17-5-1-3-15-17)10-14-4-2-13(19)16-6-8-20-9-7-16/h1,3,5,12,14,18H,2,4,6-11H2. The summed E-state index contributed by atoms with van der Waals surface area (Å²) >= 11 is 0. The highest BCUT2D eigenvalue weighted by molar-refractivity contribution is 5.76. The van der Waals surface area contributed by atoms with Crippen molar-refractivity contribution in [3.63, 3.8) is 0 Å². The quantitative estimate of drug-likeness (QED) is 0.633. The number of hydrogen-bond donors (Lipinski definition) is 2. The van der Waals surface area contributed by atoms with Crippen LogP contribution in [0.2, 0.25) is 0 Å². The third-order valence-electron chi connectivity index (χ3n) is 3.22. The van der Waals surface area contributed by atoms with Crippen LogP contribution >= 0.6 is 0 Å². The molecule has 1 amide bonds. The van der Waals surface area contributed by atoms with Gasteiger partial charge in [0.15, 0.2) is 0 Å². The van der Waals surface area contributed by atoms with E-state index in [-0.39, 0.29) is 5.91 Å². The van der Waals surface area contributed by atoms with Crippen molar-refractivity contribution in [2.75, 3.05) is 39.4 Å². The summed E-state index contributed by atoms with van der Waals surface area (Å²) in [5.41, 5.74) is 0. The Balaban J connectivity index is 1.55. The number of nitrogens with one attached hydrogen (secondary N) is 1. The van der Waals surface area contributed by atoms with Crippen molar-refractivity contribution in [3.05, 3.63) is 18.5 Å². The van der Waals surface area contributed by atoms with E-state index in [4.69, 9.17) is 4.74 Å². The first-order valence-corrected chi connectivity index (χ1v) is 6.97. The zero-order valence-corrected chi connectivity index (χ0v) is 11.6. The summed E-state index contributed by atoms with van der Waals surface area (Å²) in [6.45, 7) is 4.10. The molecule has 0 aromatic carbocycles. The molecule has 1 aromatic heterocycles. The van der Waals surface area contributed by atoms with Gasteiger partial charge in [0.1, 0.15) is 0 Å². The molecule has 2 N–H and O–H groups in total. The molecule has 1 saturated heterocycles. The molecule has 1 unspecified atom stereocenters. The molecule has 2 rings (SSSR count). The number of nitrogens with zero attached hydrogens (tertiary/aromatic N) is 3. The van der Waals surface area contributed by atoms with Crippen LogP contribution in [0.1, 0.15) is 6.42 Å². The second-order valence-electron chi connectivity index (χ2n) is 4.83. The predicted molar refractivity (Wildman–Crippen MR) is 73.1 cm³/mol. The van der Waals surface area contributed by atoms with Gasteiger partial charge in [-0.2, -0.15) is 5.10 Å². The molecular formula is C13H22N4O3. The Morgan fingerprint density at radius 1 is 1.45 bits per heavy atom. The van der Waals surface area contributed by atoms with Crippen LogP contribution in [0.25, 0.3) is 0 Å². The molecule has 20 heavy (non-hydrogen) atoms. The Labute approximate surface area is 118 Å². The summed E-state index contributed by atoms with van der Waals surface area (Å²) < 4.78 is 6.89. The minimum Gasteiger partial charge on any atom is -0.390 e. The molecule has 1 aliphatic rings. The number of rotatable bonds is 7. The van der Waals surface area contributed by atoms with Crippen molar-refractivity contribution in [1.82, 2.24) is 20.0 Å². The van der Waals surface area contributed by atoms with E-state index in [9.17, 15) is 9.90 Å². The fraction of sp³-hybridized carbons (Fsp3) is 0.692. The lowest BCUT2D eigenvalue weighted by molar-refractivity contribution is -0.135. The summed E-state index contributed by atoms with van der Waals surface area (Å²) in [5.74, 6) is 0.141. The van der Waals surface area contributed by atoms with Crippen molar-refractivity contribution in [3.8, 4) is 0 Å². The van der Waals surface area contributed by atoms with E-state index >= 15 is 0 Å². The number of amides is 1. The lowest BCUT2D eigenvalue weighted by atomic mass is 10.3. The van der Waals surface area contributed by atoms with Crippen LogP contribution < -0.4 is 5.32 Å². The summed E-state index contributed by atoms with van der Waals surface area (Å²) in [5, 5.41) is 16.9. The highest BCUT2D eigenvalue weighted by atomic mass is 16.5. The average Bonchev–Trinajstić information content (AvgIpc) is 2.97. The highest BCUT2D eigenvalue weighted by Crippen LogP contribution is 1.99. The number of aliphatic hydroxyl groups is 1. The minimum absolute atomic E-state index is 0.141. The van der Waals surface area contributed by atoms with Gasteiger partial charge in [0.25, 0.3) is 0 Å². The molecular weight excluding hydrogens is 260 g/mol. The van der Waals surface area contributed by atoms with Crippen molar-refractivity contribution >= 4 is 5.91 Å². The molecule has 1 atom stereocenters. The van der Waals surface area contributed by atoms with Crippen LogP contribution in [-0.2, 0) is 16.1 Å². The SMILES string of the molecule is O=C(CCNCC(O)Cn1cccn1)N1CCOCC1. The van der Waals surface area contributed by atoms with Crippen molar-refractivity contribution in [2.45, 2.75) is 19.1 Å². The summed E-state index contributed by atoms with van der Waals surface area (Å²) in [7, 11) is 0. The van der Waals surface area contributed by atoms with Crippen molar-refractivity contribution < 1.29 is 14.6 Å². The van der Waals surface area contributed by atoms with Crippen LogP contribution in [0.3, 0.4) is 0 Å². The smallest absolute Gasteiger partial charge is 0.224 e. The van der Waals surface area contributed by atoms with Gasteiger partial charge in [-0.3, -0.25) is 9.48 Å². The largest absolute Gasteiger partial charge is 0.390 e. The van der Waals surface area contributed by atoms with Gasteiger partial charge >= 0.3 is 0 Å². The predicted octanol–water partition coefficient (Wildman–Crippen LogP) is -0.917. The Hall–Kier alpha value is -1.44. The van der Waals surface area contributed by atoms with Crippen molar-refractivity contribution in [1.29, 1.82) is 0 Å². The summed E-state index contributed by atoms with van der Waals surface area (Å²) in [6, 6.07) is 1.82. The number of aromatic nitrogens is 2. The third kappa shape index (κ3) is 4.92. The Bertz CT molecular complexity index is 390. The molecule has 1 fully saturated rings. The highest BCUT2D eigenvalue weighted by Gasteiger charge is 2.16. The molecule has 2 heterocycles. The average molecular weight is 282 g/mol. The van der Waals surface area contributed by atoms with Crippen LogP contribution in [0.15, 0.2) is 18.5 Å². The van der Waals surface area contributed by atoms with E-state index in [0.29, 0.717) is 52.4 Å². The molecule has 0 spiro atoms. The van der Waals surface area contributed by atoms with Gasteiger partial charge in [-0.1, -0.05) is 0 Å². The van der Waals surface area contributed by atoms with Gasteiger partial charge in [0.2, 0.25) is 5.91 Å². The van der Waals surface area contributed by atoms with Gasteiger partial charge in [-0.05, 0) is 6.07 Å². The Morgan fingerprint density at radius 2 is 2.25 bits per heavy atom. The van der Waals surface area contributed by atoms with Crippen LogP contribution in [0.4, 0.5) is 0 Å². The van der Waals surface area contributed by atoms with Gasteiger partial charge in [0.05, 0.1) is 25.9 Å². The molecule has 7 nitrogen and oxygen atoms in total. The first kappa shape index (κ1) is 15.0. The lowest BCUT2D eigenvalue weighted by Gasteiger charge is -2.26. The summed E-state index contributed by atoms with van der Waals surface area (Å²) in [4.78, 5) is 13.7. The zero-order valence-electron chi connectivity index (χ0n) is 11.6. The van der Waals surface area contributed by atoms with E-state index in [1.54, 1.807) is 10.9 Å². The van der Waals surface area contributed by atoms with Gasteiger partial charge in [-0.15, -0.1) is 0 Å². The van der Waals surface area contributed by atoms with E-state index in [1.807, 2.05) is 17.2 Å². The van der Waals surface area contributed by atoms with Crippen LogP contribution in [0.5, 0.6) is 0 Å². The molecule has 0 radical (unpaired) electrons. The maximum absolute atomic E-state index is 11.9. The fourth-order valence-electron chi connectivity index (χ4n) is 2.12. The first-order valence-electron chi connectivity index (χ1n) is 6.97. The van der Waals surface area contributed by atoms with Gasteiger partial charge in [0, 0.05) is 45.0 Å². The summed E-state index contributed by atoms with van der Waals surface area (Å²) in [6.07, 6.45) is 3.44. The van der Waals surface area contributed by atoms with Crippen LogP contribution in [0, 0.1) is 0 Å². The number of aliphatic hydroxyl groups excluding tert-OH is 1. The number of carbonyl (C=O) groups excluding carboxylic acids is 1. The van der Waals surface area contributed by atoms with Crippen molar-refractivity contribution in [2.24, 2.45) is 0 Å². The molecule has 0 aliphatic carbocycles. The van der Waals surface area contributed by atoms with Gasteiger partial charge in [-0.25, -0.2) is 0 Å². The van der Waals surface area contributed by atoms with Crippen LogP contribution in [-0.4, -0.2) is 71.2 Å². The molecule has 1 aromatic rings. The number of carbonyl (C=O) groups is 1. The fourth-order valence-corrected chi connectivity index (χ4v) is 2.12. The Morgan fingerprint density at radius 3 is 2.95 bits per heavy atom. The maximum atomic E-state index is 11.9. The topological polar surface area (TPSA) is 79.6 Å². The molecule has 7 heteroatoms. The molecule has 112 valence electrons.